The smallest absolute Gasteiger partial charge is 0.231 e. The van der Waals surface area contributed by atoms with Crippen LogP contribution in [-0.2, 0) is 16.1 Å². The first-order valence-corrected chi connectivity index (χ1v) is 9.06. The van der Waals surface area contributed by atoms with E-state index in [0.29, 0.717) is 18.7 Å². The Hall–Kier alpha value is -3.02. The fourth-order valence-corrected chi connectivity index (χ4v) is 3.26. The van der Waals surface area contributed by atoms with Gasteiger partial charge in [-0.25, -0.2) is 0 Å². The molecule has 0 aromatic heterocycles. The van der Waals surface area contributed by atoms with Crippen molar-refractivity contribution in [2.45, 2.75) is 26.8 Å². The maximum atomic E-state index is 12.4. The Morgan fingerprint density at radius 2 is 1.81 bits per heavy atom. The quantitative estimate of drug-likeness (QED) is 0.853. The summed E-state index contributed by atoms with van der Waals surface area (Å²) in [5, 5.41) is 5.86. The van der Waals surface area contributed by atoms with Crippen molar-refractivity contribution in [3.63, 3.8) is 0 Å². The van der Waals surface area contributed by atoms with Crippen molar-refractivity contribution in [1.82, 2.24) is 5.32 Å². The van der Waals surface area contributed by atoms with E-state index in [1.807, 2.05) is 50.2 Å². The van der Waals surface area contributed by atoms with Gasteiger partial charge in [-0.05, 0) is 55.2 Å². The number of aryl methyl sites for hydroxylation is 1. The molecular weight excluding hydrogens is 344 g/mol. The van der Waals surface area contributed by atoms with Gasteiger partial charge in [0, 0.05) is 12.2 Å². The van der Waals surface area contributed by atoms with Crippen LogP contribution in [0, 0.1) is 25.7 Å². The molecule has 2 aromatic rings. The molecule has 4 rings (SSSR count). The largest absolute Gasteiger partial charge is 0.454 e. The second kappa shape index (κ2) is 6.95. The molecule has 1 heterocycles. The van der Waals surface area contributed by atoms with Gasteiger partial charge in [0.1, 0.15) is 0 Å². The Morgan fingerprint density at radius 1 is 1.04 bits per heavy atom. The van der Waals surface area contributed by atoms with E-state index >= 15 is 0 Å². The number of carbonyl (C=O) groups excluding carboxylic acids is 2. The normalized spacial score (nSPS) is 19.5. The Kier molecular flexibility index (Phi) is 4.48. The molecule has 0 spiro atoms. The number of rotatable bonds is 5. The molecule has 2 atom stereocenters. The molecule has 1 fully saturated rings. The van der Waals surface area contributed by atoms with Crippen molar-refractivity contribution in [2.24, 2.45) is 11.8 Å². The van der Waals surface area contributed by atoms with Gasteiger partial charge >= 0.3 is 0 Å². The van der Waals surface area contributed by atoms with Gasteiger partial charge in [-0.3, -0.25) is 9.59 Å². The number of carbonyl (C=O) groups is 2. The molecule has 2 unspecified atom stereocenters. The number of anilines is 1. The number of hydrogen-bond acceptors (Lipinski definition) is 4. The van der Waals surface area contributed by atoms with Gasteiger partial charge in [-0.1, -0.05) is 18.2 Å². The number of fused-ring (bicyclic) bond motifs is 1. The second-order valence-electron chi connectivity index (χ2n) is 7.09. The number of amides is 2. The van der Waals surface area contributed by atoms with E-state index < -0.39 is 0 Å². The highest BCUT2D eigenvalue weighted by molar-refractivity contribution is 6.00. The average Bonchev–Trinajstić information content (AvgIpc) is 3.34. The van der Waals surface area contributed by atoms with E-state index in [-0.39, 0.29) is 30.4 Å². The first kappa shape index (κ1) is 17.4. The summed E-state index contributed by atoms with van der Waals surface area (Å²) in [7, 11) is 0. The van der Waals surface area contributed by atoms with Crippen molar-refractivity contribution in [2.75, 3.05) is 12.1 Å². The van der Waals surface area contributed by atoms with Gasteiger partial charge in [0.05, 0.1) is 11.8 Å². The van der Waals surface area contributed by atoms with Crippen molar-refractivity contribution < 1.29 is 19.1 Å². The summed E-state index contributed by atoms with van der Waals surface area (Å²) in [6.45, 7) is 4.61. The number of nitrogens with one attached hydrogen (secondary N) is 2. The molecule has 2 aromatic carbocycles. The Morgan fingerprint density at radius 3 is 2.67 bits per heavy atom. The Bertz CT molecular complexity index is 909. The van der Waals surface area contributed by atoms with Gasteiger partial charge in [-0.2, -0.15) is 0 Å². The zero-order valence-electron chi connectivity index (χ0n) is 15.4. The molecule has 0 saturated heterocycles. The highest BCUT2D eigenvalue weighted by atomic mass is 16.7. The van der Waals surface area contributed by atoms with Crippen LogP contribution in [0.3, 0.4) is 0 Å². The van der Waals surface area contributed by atoms with Crippen LogP contribution in [0.5, 0.6) is 11.5 Å². The van der Waals surface area contributed by atoms with Crippen LogP contribution in [0.15, 0.2) is 36.4 Å². The summed E-state index contributed by atoms with van der Waals surface area (Å²) in [6.07, 6.45) is 0.587. The van der Waals surface area contributed by atoms with Gasteiger partial charge in [-0.15, -0.1) is 0 Å². The number of hydrogen-bond donors (Lipinski definition) is 2. The molecule has 2 N–H and O–H groups in total. The van der Waals surface area contributed by atoms with E-state index in [9.17, 15) is 9.59 Å². The molecule has 6 nitrogen and oxygen atoms in total. The van der Waals surface area contributed by atoms with E-state index in [4.69, 9.17) is 9.47 Å². The van der Waals surface area contributed by atoms with E-state index in [1.165, 1.54) is 0 Å². The number of ether oxygens (including phenoxy) is 2. The lowest BCUT2D eigenvalue weighted by Crippen LogP contribution is -2.27. The average molecular weight is 366 g/mol. The van der Waals surface area contributed by atoms with E-state index in [0.717, 1.165) is 28.1 Å². The fourth-order valence-electron chi connectivity index (χ4n) is 3.26. The van der Waals surface area contributed by atoms with Crippen LogP contribution < -0.4 is 20.1 Å². The molecule has 6 heteroatoms. The van der Waals surface area contributed by atoms with Crippen LogP contribution >= 0.6 is 0 Å². The van der Waals surface area contributed by atoms with Crippen LogP contribution in [0.4, 0.5) is 5.69 Å². The van der Waals surface area contributed by atoms with Crippen LogP contribution in [-0.4, -0.2) is 18.6 Å². The summed E-state index contributed by atoms with van der Waals surface area (Å²) in [5.41, 5.74) is 3.92. The predicted molar refractivity (Wildman–Crippen MR) is 101 cm³/mol. The zero-order valence-corrected chi connectivity index (χ0v) is 15.4. The third kappa shape index (κ3) is 3.60. The topological polar surface area (TPSA) is 76.7 Å². The third-order valence-corrected chi connectivity index (χ3v) is 5.23. The summed E-state index contributed by atoms with van der Waals surface area (Å²) in [6, 6.07) is 11.4. The predicted octanol–water partition coefficient (Wildman–Crippen LogP) is 2.92. The van der Waals surface area contributed by atoms with Gasteiger partial charge in [0.2, 0.25) is 18.6 Å². The summed E-state index contributed by atoms with van der Waals surface area (Å²) in [5.74, 6) is 0.709. The van der Waals surface area contributed by atoms with Crippen LogP contribution in [0.1, 0.15) is 23.1 Å². The molecule has 1 aliphatic heterocycles. The maximum Gasteiger partial charge on any atom is 0.231 e. The minimum atomic E-state index is -0.262. The minimum Gasteiger partial charge on any atom is -0.454 e. The molecule has 140 valence electrons. The lowest BCUT2D eigenvalue weighted by atomic mass is 10.1. The first-order valence-electron chi connectivity index (χ1n) is 9.06. The Labute approximate surface area is 157 Å². The lowest BCUT2D eigenvalue weighted by Gasteiger charge is -2.10. The zero-order chi connectivity index (χ0) is 19.0. The molecule has 27 heavy (non-hydrogen) atoms. The highest BCUT2D eigenvalue weighted by Crippen LogP contribution is 2.40. The summed E-state index contributed by atoms with van der Waals surface area (Å²) >= 11 is 0. The third-order valence-electron chi connectivity index (χ3n) is 5.23. The molecule has 2 amide bonds. The molecular formula is C21H22N2O4. The molecule has 1 saturated carbocycles. The highest BCUT2D eigenvalue weighted by Gasteiger charge is 2.48. The van der Waals surface area contributed by atoms with E-state index in [1.54, 1.807) is 0 Å². The maximum absolute atomic E-state index is 12.4. The van der Waals surface area contributed by atoms with Crippen molar-refractivity contribution >= 4 is 17.5 Å². The number of benzene rings is 2. The van der Waals surface area contributed by atoms with Crippen molar-refractivity contribution in [3.05, 3.63) is 53.1 Å². The fraction of sp³-hybridized carbons (Fsp3) is 0.333. The van der Waals surface area contributed by atoms with E-state index in [2.05, 4.69) is 10.6 Å². The van der Waals surface area contributed by atoms with Gasteiger partial charge < -0.3 is 20.1 Å². The van der Waals surface area contributed by atoms with Crippen molar-refractivity contribution in [1.29, 1.82) is 0 Å². The molecule has 0 bridgehead atoms. The van der Waals surface area contributed by atoms with Crippen LogP contribution in [0.2, 0.25) is 0 Å². The Balaban J connectivity index is 1.30. The lowest BCUT2D eigenvalue weighted by molar-refractivity contribution is -0.125. The molecule has 2 aliphatic rings. The van der Waals surface area contributed by atoms with Crippen LogP contribution in [0.25, 0.3) is 0 Å². The monoisotopic (exact) mass is 366 g/mol. The summed E-state index contributed by atoms with van der Waals surface area (Å²) in [4.78, 5) is 24.8. The standard InChI is InChI=1S/C21H22N2O4/c1-12-4-3-5-17(13(12)2)23-21(25)16-9-15(16)20(24)22-10-14-6-7-18-19(8-14)27-11-26-18/h3-8,15-16H,9-11H2,1-2H3,(H,22,24)(H,23,25). The first-order chi connectivity index (χ1) is 13.0. The SMILES string of the molecule is Cc1cccc(NC(=O)C2CC2C(=O)NCc2ccc3c(c2)OCO3)c1C. The van der Waals surface area contributed by atoms with Gasteiger partial charge in [0.25, 0.3) is 0 Å². The minimum absolute atomic E-state index is 0.0891. The van der Waals surface area contributed by atoms with Gasteiger partial charge in [0.15, 0.2) is 11.5 Å². The second-order valence-corrected chi connectivity index (χ2v) is 7.09. The summed E-state index contributed by atoms with van der Waals surface area (Å²) < 4.78 is 10.6. The van der Waals surface area contributed by atoms with Crippen molar-refractivity contribution in [3.8, 4) is 11.5 Å². The molecule has 1 aliphatic carbocycles. The molecule has 0 radical (unpaired) electrons.